The van der Waals surface area contributed by atoms with Gasteiger partial charge in [-0.25, -0.2) is 4.68 Å². The number of carbonyl (C=O) groups excluding carboxylic acids is 1. The van der Waals surface area contributed by atoms with Crippen LogP contribution in [0.1, 0.15) is 10.4 Å². The molecule has 1 N–H and O–H groups in total. The van der Waals surface area contributed by atoms with E-state index in [0.29, 0.717) is 34.3 Å². The molecular weight excluding hydrogens is 378 g/mol. The molecule has 0 fully saturated rings. The van der Waals surface area contributed by atoms with E-state index in [4.69, 9.17) is 18.6 Å². The summed E-state index contributed by atoms with van der Waals surface area (Å²) < 4.78 is 22.3. The van der Waals surface area contributed by atoms with Crippen molar-refractivity contribution >= 4 is 5.91 Å². The summed E-state index contributed by atoms with van der Waals surface area (Å²) in [5.74, 6) is 1.36. The van der Waals surface area contributed by atoms with Gasteiger partial charge >= 0.3 is 0 Å². The van der Waals surface area contributed by atoms with Gasteiger partial charge < -0.3 is 23.9 Å². The molecule has 29 heavy (non-hydrogen) atoms. The van der Waals surface area contributed by atoms with E-state index in [9.17, 15) is 9.59 Å². The second-order valence-corrected chi connectivity index (χ2v) is 5.93. The van der Waals surface area contributed by atoms with Crippen molar-refractivity contribution in [2.75, 3.05) is 27.9 Å². The third kappa shape index (κ3) is 4.40. The van der Waals surface area contributed by atoms with Crippen molar-refractivity contribution in [3.63, 3.8) is 0 Å². The predicted octanol–water partition coefficient (Wildman–Crippen LogP) is 1.96. The number of benzene rings is 1. The van der Waals surface area contributed by atoms with E-state index in [-0.39, 0.29) is 24.6 Å². The van der Waals surface area contributed by atoms with Crippen LogP contribution in [0.2, 0.25) is 0 Å². The Hall–Kier alpha value is -3.75. The second kappa shape index (κ2) is 8.96. The highest BCUT2D eigenvalue weighted by atomic mass is 16.5. The van der Waals surface area contributed by atoms with Crippen LogP contribution >= 0.6 is 0 Å². The fourth-order valence-electron chi connectivity index (χ4n) is 2.75. The minimum Gasteiger partial charge on any atom is -0.493 e. The van der Waals surface area contributed by atoms with Crippen molar-refractivity contribution in [3.8, 4) is 28.7 Å². The quantitative estimate of drug-likeness (QED) is 0.617. The summed E-state index contributed by atoms with van der Waals surface area (Å²) in [4.78, 5) is 24.6. The van der Waals surface area contributed by atoms with Gasteiger partial charge in [0.1, 0.15) is 5.69 Å². The molecule has 0 spiro atoms. The van der Waals surface area contributed by atoms with Crippen molar-refractivity contribution < 1.29 is 23.4 Å². The van der Waals surface area contributed by atoms with Crippen LogP contribution < -0.4 is 25.1 Å². The van der Waals surface area contributed by atoms with Crippen molar-refractivity contribution in [1.29, 1.82) is 0 Å². The maximum Gasteiger partial charge on any atom is 0.266 e. The number of nitrogens with one attached hydrogen (secondary N) is 1. The van der Waals surface area contributed by atoms with Crippen LogP contribution in [-0.4, -0.2) is 43.6 Å². The zero-order valence-electron chi connectivity index (χ0n) is 16.3. The van der Waals surface area contributed by atoms with Crippen LogP contribution in [0.4, 0.5) is 0 Å². The lowest BCUT2D eigenvalue weighted by Gasteiger charge is -2.14. The largest absolute Gasteiger partial charge is 0.493 e. The molecular formula is C20H21N3O6. The molecule has 1 aromatic carbocycles. The van der Waals surface area contributed by atoms with Gasteiger partial charge in [-0.1, -0.05) is 0 Å². The second-order valence-electron chi connectivity index (χ2n) is 5.93. The van der Waals surface area contributed by atoms with Crippen LogP contribution in [0.15, 0.2) is 51.9 Å². The van der Waals surface area contributed by atoms with E-state index < -0.39 is 0 Å². The lowest BCUT2D eigenvalue weighted by Crippen LogP contribution is -2.32. The summed E-state index contributed by atoms with van der Waals surface area (Å²) in [6.07, 6.45) is 1.53. The van der Waals surface area contributed by atoms with Crippen LogP contribution in [0.3, 0.4) is 0 Å². The molecule has 0 saturated heterocycles. The number of nitrogens with zero attached hydrogens (tertiary/aromatic N) is 2. The van der Waals surface area contributed by atoms with E-state index in [1.807, 2.05) is 0 Å². The average Bonchev–Trinajstić information content (AvgIpc) is 3.28. The molecule has 0 radical (unpaired) electrons. The van der Waals surface area contributed by atoms with E-state index in [1.54, 1.807) is 30.3 Å². The monoisotopic (exact) mass is 399 g/mol. The maximum atomic E-state index is 12.5. The molecule has 3 rings (SSSR count). The van der Waals surface area contributed by atoms with Crippen LogP contribution in [-0.2, 0) is 6.54 Å². The standard InChI is InChI=1S/C20H21N3O6/c1-26-16-11-13(12-17(27-2)19(16)28-3)20(25)21-8-9-23-18(24)7-6-14(22-23)15-5-4-10-29-15/h4-7,10-12H,8-9H2,1-3H3,(H,21,25). The van der Waals surface area contributed by atoms with E-state index in [2.05, 4.69) is 10.4 Å². The third-order valence-electron chi connectivity index (χ3n) is 4.18. The summed E-state index contributed by atoms with van der Waals surface area (Å²) >= 11 is 0. The van der Waals surface area contributed by atoms with Gasteiger partial charge in [0.05, 0.1) is 34.1 Å². The first-order chi connectivity index (χ1) is 14.1. The molecule has 0 saturated carbocycles. The SMILES string of the molecule is COc1cc(C(=O)NCCn2nc(-c3ccco3)ccc2=O)cc(OC)c1OC. The normalized spacial score (nSPS) is 10.4. The Morgan fingerprint density at radius 2 is 1.83 bits per heavy atom. The van der Waals surface area contributed by atoms with Crippen LogP contribution in [0.5, 0.6) is 17.2 Å². The summed E-state index contributed by atoms with van der Waals surface area (Å²) in [7, 11) is 4.44. The van der Waals surface area contributed by atoms with Crippen LogP contribution in [0, 0.1) is 0 Å². The number of hydrogen-bond donors (Lipinski definition) is 1. The first kappa shape index (κ1) is 20.0. The minimum atomic E-state index is -0.348. The molecule has 9 nitrogen and oxygen atoms in total. The number of aromatic nitrogens is 2. The summed E-state index contributed by atoms with van der Waals surface area (Å²) in [6.45, 7) is 0.396. The van der Waals surface area contributed by atoms with Gasteiger partial charge in [-0.05, 0) is 30.3 Å². The van der Waals surface area contributed by atoms with Gasteiger partial charge in [-0.15, -0.1) is 0 Å². The first-order valence-electron chi connectivity index (χ1n) is 8.77. The molecule has 9 heteroatoms. The van der Waals surface area contributed by atoms with Gasteiger partial charge in [0, 0.05) is 18.2 Å². The molecule has 0 aliphatic carbocycles. The Labute approximate surface area is 166 Å². The molecule has 2 aromatic heterocycles. The minimum absolute atomic E-state index is 0.198. The fraction of sp³-hybridized carbons (Fsp3) is 0.250. The highest BCUT2D eigenvalue weighted by Crippen LogP contribution is 2.38. The maximum absolute atomic E-state index is 12.5. The number of amides is 1. The first-order valence-corrected chi connectivity index (χ1v) is 8.77. The van der Waals surface area contributed by atoms with Gasteiger partial charge in [0.25, 0.3) is 11.5 Å². The molecule has 3 aromatic rings. The van der Waals surface area contributed by atoms with E-state index in [1.165, 1.54) is 38.3 Å². The number of hydrogen-bond acceptors (Lipinski definition) is 7. The highest BCUT2D eigenvalue weighted by Gasteiger charge is 2.17. The Bertz CT molecular complexity index is 1020. The molecule has 0 unspecified atom stereocenters. The highest BCUT2D eigenvalue weighted by molar-refractivity contribution is 5.95. The predicted molar refractivity (Wildman–Crippen MR) is 105 cm³/mol. The van der Waals surface area contributed by atoms with E-state index in [0.717, 1.165) is 0 Å². The number of furan rings is 1. The van der Waals surface area contributed by atoms with Crippen molar-refractivity contribution in [1.82, 2.24) is 15.1 Å². The molecule has 0 aliphatic rings. The summed E-state index contributed by atoms with van der Waals surface area (Å²) in [5.41, 5.74) is 0.594. The third-order valence-corrected chi connectivity index (χ3v) is 4.18. The van der Waals surface area contributed by atoms with Crippen molar-refractivity contribution in [2.45, 2.75) is 6.54 Å². The number of carbonyl (C=O) groups is 1. The number of ether oxygens (including phenoxy) is 3. The van der Waals surface area contributed by atoms with Gasteiger partial charge in [0.2, 0.25) is 5.75 Å². The topological polar surface area (TPSA) is 105 Å². The fourth-order valence-corrected chi connectivity index (χ4v) is 2.75. The van der Waals surface area contributed by atoms with Crippen molar-refractivity contribution in [2.24, 2.45) is 0 Å². The molecule has 0 atom stereocenters. The average molecular weight is 399 g/mol. The molecule has 0 aliphatic heterocycles. The summed E-state index contributed by atoms with van der Waals surface area (Å²) in [6, 6.07) is 9.60. The Morgan fingerprint density at radius 3 is 2.41 bits per heavy atom. The summed E-state index contributed by atoms with van der Waals surface area (Å²) in [5, 5.41) is 7.02. The van der Waals surface area contributed by atoms with Crippen molar-refractivity contribution in [3.05, 3.63) is 58.6 Å². The number of methoxy groups -OCH3 is 3. The smallest absolute Gasteiger partial charge is 0.266 e. The van der Waals surface area contributed by atoms with Gasteiger partial charge in [0.15, 0.2) is 17.3 Å². The zero-order chi connectivity index (χ0) is 20.8. The lowest BCUT2D eigenvalue weighted by atomic mass is 10.1. The molecule has 1 amide bonds. The molecule has 0 bridgehead atoms. The Kier molecular flexibility index (Phi) is 6.18. The Balaban J connectivity index is 1.70. The zero-order valence-corrected chi connectivity index (χ0v) is 16.3. The van der Waals surface area contributed by atoms with Gasteiger partial charge in [-0.3, -0.25) is 9.59 Å². The van der Waals surface area contributed by atoms with Gasteiger partial charge in [-0.2, -0.15) is 5.10 Å². The lowest BCUT2D eigenvalue weighted by molar-refractivity contribution is 0.0951. The number of rotatable bonds is 8. The Morgan fingerprint density at radius 1 is 1.10 bits per heavy atom. The van der Waals surface area contributed by atoms with E-state index >= 15 is 0 Å². The van der Waals surface area contributed by atoms with Crippen LogP contribution in [0.25, 0.3) is 11.5 Å². The molecule has 152 valence electrons. The molecule has 2 heterocycles.